The highest BCUT2D eigenvalue weighted by Crippen LogP contribution is 2.28. The van der Waals surface area contributed by atoms with Gasteiger partial charge in [0.05, 0.1) is 24.2 Å². The topological polar surface area (TPSA) is 67.3 Å². The number of hydrogen-bond acceptors (Lipinski definition) is 6. The summed E-state index contributed by atoms with van der Waals surface area (Å²) in [5, 5.41) is 12.6. The molecule has 0 unspecified atom stereocenters. The van der Waals surface area contributed by atoms with E-state index in [4.69, 9.17) is 16.3 Å². The van der Waals surface area contributed by atoms with Gasteiger partial charge in [-0.15, -0.1) is 10.2 Å². The lowest BCUT2D eigenvalue weighted by Gasteiger charge is -2.28. The van der Waals surface area contributed by atoms with E-state index >= 15 is 0 Å². The maximum atomic E-state index is 12.3. The summed E-state index contributed by atoms with van der Waals surface area (Å²) in [6.07, 6.45) is 3.85. The van der Waals surface area contributed by atoms with Gasteiger partial charge < -0.3 is 15.0 Å². The van der Waals surface area contributed by atoms with E-state index in [0.29, 0.717) is 21.5 Å². The fraction of sp³-hybridized carbons (Fsp3) is 0.292. The van der Waals surface area contributed by atoms with Gasteiger partial charge in [0.1, 0.15) is 10.8 Å². The van der Waals surface area contributed by atoms with Gasteiger partial charge in [-0.3, -0.25) is 4.79 Å². The molecule has 166 valence electrons. The Morgan fingerprint density at radius 1 is 1.06 bits per heavy atom. The number of anilines is 2. The third kappa shape index (κ3) is 5.72. The lowest BCUT2D eigenvalue weighted by Crippen LogP contribution is -2.29. The van der Waals surface area contributed by atoms with Crippen LogP contribution in [0.4, 0.5) is 11.4 Å². The molecule has 0 radical (unpaired) electrons. The number of piperidine rings is 1. The Hall–Kier alpha value is -2.77. The van der Waals surface area contributed by atoms with E-state index in [0.717, 1.165) is 24.3 Å². The van der Waals surface area contributed by atoms with Crippen LogP contribution in [0.2, 0.25) is 5.02 Å². The molecule has 0 bridgehead atoms. The number of hydrogen-bond donors (Lipinski definition) is 1. The molecule has 1 aliphatic rings. The highest BCUT2D eigenvalue weighted by molar-refractivity contribution is 7.99. The number of ether oxygens (including phenoxy) is 1. The van der Waals surface area contributed by atoms with E-state index in [-0.39, 0.29) is 11.7 Å². The van der Waals surface area contributed by atoms with Crippen LogP contribution in [0.25, 0.3) is 11.3 Å². The van der Waals surface area contributed by atoms with Crippen molar-refractivity contribution < 1.29 is 9.53 Å². The van der Waals surface area contributed by atoms with Gasteiger partial charge >= 0.3 is 0 Å². The fourth-order valence-electron chi connectivity index (χ4n) is 3.65. The summed E-state index contributed by atoms with van der Waals surface area (Å²) in [5.41, 5.74) is 3.64. The second-order valence-electron chi connectivity index (χ2n) is 7.53. The average Bonchev–Trinajstić information content (AvgIpc) is 2.84. The largest absolute Gasteiger partial charge is 0.495 e. The Bertz CT molecular complexity index is 1050. The lowest BCUT2D eigenvalue weighted by atomic mass is 10.1. The molecule has 0 aliphatic carbocycles. The maximum Gasteiger partial charge on any atom is 0.234 e. The summed E-state index contributed by atoms with van der Waals surface area (Å²) in [4.78, 5) is 14.8. The van der Waals surface area contributed by atoms with Gasteiger partial charge in [0, 0.05) is 29.4 Å². The van der Waals surface area contributed by atoms with Crippen LogP contribution in [0.5, 0.6) is 5.75 Å². The molecule has 2 heterocycles. The standard InChI is InChI=1S/C24H25ClN4O2S/c1-31-22-11-7-18(25)15-21(22)26-23(30)16-32-24-12-10-20(27-28-24)17-5-8-19(9-6-17)29-13-3-2-4-14-29/h5-12,15H,2-4,13-14,16H2,1H3,(H,26,30). The fourth-order valence-corrected chi connectivity index (χ4v) is 4.44. The Kier molecular flexibility index (Phi) is 7.50. The molecule has 32 heavy (non-hydrogen) atoms. The van der Waals surface area contributed by atoms with E-state index in [2.05, 4.69) is 44.7 Å². The van der Waals surface area contributed by atoms with Crippen molar-refractivity contribution in [3.63, 3.8) is 0 Å². The predicted molar refractivity (Wildman–Crippen MR) is 131 cm³/mol. The maximum absolute atomic E-state index is 12.3. The normalized spacial score (nSPS) is 13.6. The van der Waals surface area contributed by atoms with E-state index in [1.807, 2.05) is 12.1 Å². The molecular weight excluding hydrogens is 444 g/mol. The van der Waals surface area contributed by atoms with Crippen molar-refractivity contribution in [2.24, 2.45) is 0 Å². The van der Waals surface area contributed by atoms with Gasteiger partial charge in [0.2, 0.25) is 5.91 Å². The zero-order valence-corrected chi connectivity index (χ0v) is 19.5. The SMILES string of the molecule is COc1ccc(Cl)cc1NC(=O)CSc1ccc(-c2ccc(N3CCCCC3)cc2)nn1. The summed E-state index contributed by atoms with van der Waals surface area (Å²) >= 11 is 7.34. The van der Waals surface area contributed by atoms with Gasteiger partial charge in [-0.05, 0) is 61.7 Å². The first kappa shape index (κ1) is 22.4. The lowest BCUT2D eigenvalue weighted by molar-refractivity contribution is -0.113. The molecule has 6 nitrogen and oxygen atoms in total. The van der Waals surface area contributed by atoms with Crippen LogP contribution in [0.1, 0.15) is 19.3 Å². The smallest absolute Gasteiger partial charge is 0.234 e. The second kappa shape index (κ2) is 10.7. The summed E-state index contributed by atoms with van der Waals surface area (Å²) < 4.78 is 5.26. The van der Waals surface area contributed by atoms with Gasteiger partial charge in [0.25, 0.3) is 0 Å². The van der Waals surface area contributed by atoms with Crippen molar-refractivity contribution in [1.82, 2.24) is 10.2 Å². The quantitative estimate of drug-likeness (QED) is 0.460. The number of carbonyl (C=O) groups is 1. The molecule has 0 atom stereocenters. The van der Waals surface area contributed by atoms with Crippen molar-refractivity contribution >= 4 is 40.6 Å². The van der Waals surface area contributed by atoms with E-state index < -0.39 is 0 Å². The Morgan fingerprint density at radius 3 is 2.53 bits per heavy atom. The highest BCUT2D eigenvalue weighted by Gasteiger charge is 2.12. The molecule has 2 aromatic carbocycles. The van der Waals surface area contributed by atoms with Crippen molar-refractivity contribution in [2.75, 3.05) is 36.2 Å². The van der Waals surface area contributed by atoms with Crippen molar-refractivity contribution in [3.8, 4) is 17.0 Å². The van der Waals surface area contributed by atoms with Crippen LogP contribution in [0, 0.1) is 0 Å². The third-order valence-electron chi connectivity index (χ3n) is 5.31. The molecule has 1 saturated heterocycles. The molecule has 3 aromatic rings. The Labute approximate surface area is 197 Å². The van der Waals surface area contributed by atoms with Crippen molar-refractivity contribution in [2.45, 2.75) is 24.3 Å². The first-order valence-electron chi connectivity index (χ1n) is 10.6. The molecule has 1 aliphatic heterocycles. The number of methoxy groups -OCH3 is 1. The second-order valence-corrected chi connectivity index (χ2v) is 8.96. The van der Waals surface area contributed by atoms with Crippen molar-refractivity contribution in [3.05, 3.63) is 59.6 Å². The first-order chi connectivity index (χ1) is 15.6. The number of benzene rings is 2. The number of amides is 1. The number of nitrogens with zero attached hydrogens (tertiary/aromatic N) is 3. The van der Waals surface area contributed by atoms with Crippen LogP contribution in [-0.2, 0) is 4.79 Å². The van der Waals surface area contributed by atoms with Crippen molar-refractivity contribution in [1.29, 1.82) is 0 Å². The number of aromatic nitrogens is 2. The molecule has 1 amide bonds. The van der Waals surface area contributed by atoms with Gasteiger partial charge in [-0.2, -0.15) is 0 Å². The van der Waals surface area contributed by atoms with Gasteiger partial charge in [0.15, 0.2) is 0 Å². The Balaban J connectivity index is 1.33. The highest BCUT2D eigenvalue weighted by atomic mass is 35.5. The number of carbonyl (C=O) groups excluding carboxylic acids is 1. The van der Waals surface area contributed by atoms with Crippen LogP contribution < -0.4 is 15.0 Å². The van der Waals surface area contributed by atoms with Crippen LogP contribution >= 0.6 is 23.4 Å². The monoisotopic (exact) mass is 468 g/mol. The van der Waals surface area contributed by atoms with E-state index in [9.17, 15) is 4.79 Å². The van der Waals surface area contributed by atoms with Gasteiger partial charge in [-0.1, -0.05) is 35.5 Å². The molecule has 8 heteroatoms. The minimum absolute atomic E-state index is 0.172. The summed E-state index contributed by atoms with van der Waals surface area (Å²) in [5.74, 6) is 0.590. The summed E-state index contributed by atoms with van der Waals surface area (Å²) in [7, 11) is 1.55. The van der Waals surface area contributed by atoms with Crippen LogP contribution in [0.3, 0.4) is 0 Å². The molecule has 0 spiro atoms. The molecule has 1 aromatic heterocycles. The van der Waals surface area contributed by atoms with E-state index in [1.165, 1.54) is 36.7 Å². The molecule has 1 N–H and O–H groups in total. The zero-order valence-electron chi connectivity index (χ0n) is 17.9. The first-order valence-corrected chi connectivity index (χ1v) is 11.9. The molecule has 4 rings (SSSR count). The minimum atomic E-state index is -0.172. The average molecular weight is 469 g/mol. The third-order valence-corrected chi connectivity index (χ3v) is 6.47. The van der Waals surface area contributed by atoms with Gasteiger partial charge in [-0.25, -0.2) is 0 Å². The molecular formula is C24H25ClN4O2S. The number of nitrogens with one attached hydrogen (secondary N) is 1. The number of rotatable bonds is 7. The summed E-state index contributed by atoms with van der Waals surface area (Å²) in [6.45, 7) is 2.26. The van der Waals surface area contributed by atoms with E-state index in [1.54, 1.807) is 25.3 Å². The van der Waals surface area contributed by atoms with Crippen LogP contribution in [-0.4, -0.2) is 42.1 Å². The number of halogens is 1. The molecule has 1 fully saturated rings. The van der Waals surface area contributed by atoms with Crippen LogP contribution in [0.15, 0.2) is 59.6 Å². The zero-order chi connectivity index (χ0) is 22.3. The predicted octanol–water partition coefficient (Wildman–Crippen LogP) is 5.53. The Morgan fingerprint density at radius 2 is 1.84 bits per heavy atom. The summed E-state index contributed by atoms with van der Waals surface area (Å²) in [6, 6.07) is 17.4. The number of thioether (sulfide) groups is 1. The molecule has 0 saturated carbocycles. The minimum Gasteiger partial charge on any atom is -0.495 e.